The number of anilines is 2. The highest BCUT2D eigenvalue weighted by Crippen LogP contribution is 2.27. The number of halogens is 1. The van der Waals surface area contributed by atoms with Crippen LogP contribution in [-0.4, -0.2) is 28.2 Å². The van der Waals surface area contributed by atoms with E-state index in [1.54, 1.807) is 12.1 Å². The second-order valence-electron chi connectivity index (χ2n) is 4.80. The fourth-order valence-electron chi connectivity index (χ4n) is 2.37. The molecule has 1 atom stereocenters. The van der Waals surface area contributed by atoms with Crippen LogP contribution in [0, 0.1) is 11.7 Å². The van der Waals surface area contributed by atoms with Crippen LogP contribution in [0.2, 0.25) is 0 Å². The number of rotatable bonds is 2. The number of carbonyl (C=O) groups is 1. The van der Waals surface area contributed by atoms with E-state index in [-0.39, 0.29) is 29.0 Å². The van der Waals surface area contributed by atoms with E-state index in [0.717, 1.165) is 0 Å². The van der Waals surface area contributed by atoms with Crippen molar-refractivity contribution in [1.82, 2.24) is 9.97 Å². The summed E-state index contributed by atoms with van der Waals surface area (Å²) in [6.45, 7) is 0.516. The van der Waals surface area contributed by atoms with Gasteiger partial charge in [0.25, 0.3) is 0 Å². The fraction of sp³-hybridized carbons (Fsp3) is 0.308. The molecule has 20 heavy (non-hydrogen) atoms. The number of nitrogens with zero attached hydrogens (tertiary/aromatic N) is 3. The maximum Gasteiger partial charge on any atom is 0.234 e. The van der Waals surface area contributed by atoms with Crippen LogP contribution in [0.4, 0.5) is 16.2 Å². The molecule has 0 radical (unpaired) electrons. The van der Waals surface area contributed by atoms with Gasteiger partial charge < -0.3 is 5.73 Å². The molecule has 2 heterocycles. The Morgan fingerprint density at radius 1 is 1.45 bits per heavy atom. The van der Waals surface area contributed by atoms with Crippen molar-refractivity contribution >= 4 is 41.2 Å². The summed E-state index contributed by atoms with van der Waals surface area (Å²) in [5.74, 6) is 0.561. The van der Waals surface area contributed by atoms with Gasteiger partial charge in [0.15, 0.2) is 0 Å². The maximum atomic E-state index is 13.7. The Balaban J connectivity index is 2.08. The van der Waals surface area contributed by atoms with Gasteiger partial charge in [-0.05, 0) is 23.8 Å². The van der Waals surface area contributed by atoms with Crippen molar-refractivity contribution in [3.63, 3.8) is 0 Å². The third kappa shape index (κ3) is 2.07. The minimum absolute atomic E-state index is 0.0465. The number of fused-ring (bicyclic) bond motifs is 1. The fourth-order valence-corrected chi connectivity index (χ4v) is 2.62. The molecule has 1 fully saturated rings. The number of hydrogen-bond donors (Lipinski definition) is 2. The average Bonchev–Trinajstić information content (AvgIpc) is 2.79. The molecule has 1 aliphatic rings. The molecule has 1 aromatic carbocycles. The second kappa shape index (κ2) is 4.90. The van der Waals surface area contributed by atoms with Gasteiger partial charge in [-0.2, -0.15) is 17.6 Å². The van der Waals surface area contributed by atoms with Crippen LogP contribution in [0.1, 0.15) is 6.42 Å². The van der Waals surface area contributed by atoms with Gasteiger partial charge >= 0.3 is 0 Å². The van der Waals surface area contributed by atoms with Gasteiger partial charge in [-0.15, -0.1) is 0 Å². The highest BCUT2D eigenvalue weighted by Gasteiger charge is 2.31. The molecule has 0 saturated carbocycles. The molecule has 0 bridgehead atoms. The zero-order valence-electron chi connectivity index (χ0n) is 10.6. The number of hydrogen-bond acceptors (Lipinski definition) is 5. The maximum absolute atomic E-state index is 13.7. The first kappa shape index (κ1) is 13.1. The van der Waals surface area contributed by atoms with Crippen LogP contribution in [0.25, 0.3) is 10.9 Å². The highest BCUT2D eigenvalue weighted by atomic mass is 32.1. The number of amides is 1. The lowest BCUT2D eigenvalue weighted by Gasteiger charge is -2.15. The number of aromatic nitrogens is 2. The quantitative estimate of drug-likeness (QED) is 0.825. The predicted molar refractivity (Wildman–Crippen MR) is 78.2 cm³/mol. The summed E-state index contributed by atoms with van der Waals surface area (Å²) >= 11 is 4.21. The standard InChI is InChI=1S/C13H13FN4OS/c14-8-2-1-3-9-11(8)12(15)17-13(16-9)18-5-7(6-20)4-10(18)19/h1-3,7,20H,4-6H2,(H2,15,16,17). The van der Waals surface area contributed by atoms with E-state index < -0.39 is 5.82 Å². The van der Waals surface area contributed by atoms with Crippen LogP contribution in [0.15, 0.2) is 18.2 Å². The zero-order valence-corrected chi connectivity index (χ0v) is 11.5. The van der Waals surface area contributed by atoms with E-state index >= 15 is 0 Å². The lowest BCUT2D eigenvalue weighted by molar-refractivity contribution is -0.117. The molecule has 7 heteroatoms. The van der Waals surface area contributed by atoms with E-state index in [1.165, 1.54) is 11.0 Å². The molecule has 2 aromatic rings. The van der Waals surface area contributed by atoms with Crippen LogP contribution in [-0.2, 0) is 4.79 Å². The third-order valence-electron chi connectivity index (χ3n) is 3.39. The smallest absolute Gasteiger partial charge is 0.234 e. The van der Waals surface area contributed by atoms with Gasteiger partial charge in [-0.1, -0.05) is 6.07 Å². The molecule has 5 nitrogen and oxygen atoms in total. The summed E-state index contributed by atoms with van der Waals surface area (Å²) in [6.07, 6.45) is 0.425. The Morgan fingerprint density at radius 3 is 2.95 bits per heavy atom. The number of nitrogen functional groups attached to an aromatic ring is 1. The summed E-state index contributed by atoms with van der Waals surface area (Å²) in [4.78, 5) is 21.8. The van der Waals surface area contributed by atoms with E-state index in [0.29, 0.717) is 24.2 Å². The first-order valence-corrected chi connectivity index (χ1v) is 6.86. The molecular formula is C13H13FN4OS. The Labute approximate surface area is 120 Å². The lowest BCUT2D eigenvalue weighted by Crippen LogP contribution is -2.27. The topological polar surface area (TPSA) is 72.1 Å². The van der Waals surface area contributed by atoms with Crippen molar-refractivity contribution in [2.75, 3.05) is 22.9 Å². The zero-order chi connectivity index (χ0) is 14.3. The third-order valence-corrected chi connectivity index (χ3v) is 3.91. The van der Waals surface area contributed by atoms with Crippen molar-refractivity contribution < 1.29 is 9.18 Å². The molecule has 1 amide bonds. The van der Waals surface area contributed by atoms with Crippen molar-refractivity contribution in [3.8, 4) is 0 Å². The Bertz CT molecular complexity index is 693. The Hall–Kier alpha value is -1.89. The highest BCUT2D eigenvalue weighted by molar-refractivity contribution is 7.80. The normalized spacial score (nSPS) is 19.0. The van der Waals surface area contributed by atoms with E-state index in [2.05, 4.69) is 22.6 Å². The van der Waals surface area contributed by atoms with E-state index in [9.17, 15) is 9.18 Å². The molecule has 2 N–H and O–H groups in total. The lowest BCUT2D eigenvalue weighted by atomic mass is 10.1. The van der Waals surface area contributed by atoms with E-state index in [1.807, 2.05) is 0 Å². The van der Waals surface area contributed by atoms with Gasteiger partial charge in [-0.25, -0.2) is 9.37 Å². The van der Waals surface area contributed by atoms with Crippen molar-refractivity contribution in [2.45, 2.75) is 6.42 Å². The molecule has 1 unspecified atom stereocenters. The molecular weight excluding hydrogens is 279 g/mol. The first-order chi connectivity index (χ1) is 9.60. The SMILES string of the molecule is Nc1nc(N2CC(CS)CC2=O)nc2cccc(F)c12. The average molecular weight is 292 g/mol. The van der Waals surface area contributed by atoms with Crippen molar-refractivity contribution in [3.05, 3.63) is 24.0 Å². The van der Waals surface area contributed by atoms with Gasteiger partial charge in [0.1, 0.15) is 11.6 Å². The second-order valence-corrected chi connectivity index (χ2v) is 5.17. The minimum Gasteiger partial charge on any atom is -0.383 e. The molecule has 0 spiro atoms. The van der Waals surface area contributed by atoms with Crippen molar-refractivity contribution in [1.29, 1.82) is 0 Å². The number of benzene rings is 1. The minimum atomic E-state index is -0.465. The van der Waals surface area contributed by atoms with Gasteiger partial charge in [-0.3, -0.25) is 9.69 Å². The molecule has 104 valence electrons. The molecule has 0 aliphatic carbocycles. The summed E-state index contributed by atoms with van der Waals surface area (Å²) in [7, 11) is 0. The number of thiol groups is 1. The van der Waals surface area contributed by atoms with Crippen LogP contribution < -0.4 is 10.6 Å². The summed E-state index contributed by atoms with van der Waals surface area (Å²) in [5.41, 5.74) is 6.19. The first-order valence-electron chi connectivity index (χ1n) is 6.23. The summed E-state index contributed by atoms with van der Waals surface area (Å²) in [6, 6.07) is 4.51. The molecule has 1 aromatic heterocycles. The molecule has 1 saturated heterocycles. The van der Waals surface area contributed by atoms with Crippen LogP contribution in [0.5, 0.6) is 0 Å². The number of carbonyl (C=O) groups excluding carboxylic acids is 1. The number of nitrogens with two attached hydrogens (primary N) is 1. The van der Waals surface area contributed by atoms with Crippen LogP contribution in [0.3, 0.4) is 0 Å². The van der Waals surface area contributed by atoms with Crippen molar-refractivity contribution in [2.24, 2.45) is 5.92 Å². The van der Waals surface area contributed by atoms with Gasteiger partial charge in [0.05, 0.1) is 10.9 Å². The monoisotopic (exact) mass is 292 g/mol. The van der Waals surface area contributed by atoms with E-state index in [4.69, 9.17) is 5.73 Å². The van der Waals surface area contributed by atoms with Crippen LogP contribution >= 0.6 is 12.6 Å². The largest absolute Gasteiger partial charge is 0.383 e. The predicted octanol–water partition coefficient (Wildman–Crippen LogP) is 1.63. The molecule has 3 rings (SSSR count). The van der Waals surface area contributed by atoms with Gasteiger partial charge in [0, 0.05) is 13.0 Å². The molecule has 1 aliphatic heterocycles. The Morgan fingerprint density at radius 2 is 2.25 bits per heavy atom. The Kier molecular flexibility index (Phi) is 3.21. The summed E-state index contributed by atoms with van der Waals surface area (Å²) < 4.78 is 13.7. The summed E-state index contributed by atoms with van der Waals surface area (Å²) in [5, 5.41) is 0.189. The van der Waals surface area contributed by atoms with Gasteiger partial charge in [0.2, 0.25) is 11.9 Å².